The molecule has 1 saturated heterocycles. The van der Waals surface area contributed by atoms with Crippen molar-refractivity contribution < 1.29 is 9.53 Å². The van der Waals surface area contributed by atoms with Crippen LogP contribution in [0.5, 0.6) is 0 Å². The molecule has 1 unspecified atom stereocenters. The monoisotopic (exact) mass is 277 g/mol. The summed E-state index contributed by atoms with van der Waals surface area (Å²) >= 11 is 3.15. The molecular formula is C11H19NO2Se. The Morgan fingerprint density at radius 3 is 2.60 bits per heavy atom. The topological polar surface area (TPSA) is 29.5 Å². The molecule has 0 radical (unpaired) electrons. The maximum atomic E-state index is 11.0. The van der Waals surface area contributed by atoms with Gasteiger partial charge in [0, 0.05) is 0 Å². The van der Waals surface area contributed by atoms with Crippen LogP contribution >= 0.6 is 0 Å². The van der Waals surface area contributed by atoms with Crippen molar-refractivity contribution in [3.8, 4) is 0 Å². The van der Waals surface area contributed by atoms with Crippen molar-refractivity contribution in [2.45, 2.75) is 32.6 Å². The van der Waals surface area contributed by atoms with Gasteiger partial charge < -0.3 is 0 Å². The van der Waals surface area contributed by atoms with Gasteiger partial charge in [-0.05, 0) is 0 Å². The summed E-state index contributed by atoms with van der Waals surface area (Å²) in [5.41, 5.74) is 0. The fraction of sp³-hybridized carbons (Fsp3) is 0.818. The molecule has 0 aromatic carbocycles. The zero-order chi connectivity index (χ0) is 11.3. The first-order valence-electron chi connectivity index (χ1n) is 5.50. The van der Waals surface area contributed by atoms with Crippen LogP contribution in [0.4, 0.5) is 0 Å². The molecule has 1 aliphatic rings. The minimum atomic E-state index is -0.115. The number of hydrogen-bond acceptors (Lipinski definition) is 3. The number of hydrogen-bond donors (Lipinski definition) is 0. The van der Waals surface area contributed by atoms with Crippen LogP contribution in [0.1, 0.15) is 32.6 Å². The standard InChI is InChI=1S/C11H19NO2Se/c1-9(5-6-10(13)14-2)11(15)12-7-3-4-8-12/h9H,3-8H2,1-2H3. The molecule has 1 heterocycles. The van der Waals surface area contributed by atoms with Gasteiger partial charge >= 0.3 is 99.2 Å². The number of likely N-dealkylation sites (tertiary alicyclic amines) is 1. The second-order valence-electron chi connectivity index (χ2n) is 4.05. The van der Waals surface area contributed by atoms with E-state index in [4.69, 9.17) is 0 Å². The Labute approximate surface area is 99.5 Å². The zero-order valence-corrected chi connectivity index (χ0v) is 11.2. The first-order chi connectivity index (χ1) is 7.15. The Morgan fingerprint density at radius 2 is 2.07 bits per heavy atom. The van der Waals surface area contributed by atoms with Crippen LogP contribution in [0.3, 0.4) is 0 Å². The van der Waals surface area contributed by atoms with E-state index in [0.717, 1.165) is 19.5 Å². The SMILES string of the molecule is COC(=O)CCC(C)C(=[Se])N1CCCC1. The summed E-state index contributed by atoms with van der Waals surface area (Å²) in [4.78, 5) is 13.4. The summed E-state index contributed by atoms with van der Waals surface area (Å²) in [6.45, 7) is 4.48. The molecule has 0 aromatic heterocycles. The molecular weight excluding hydrogens is 257 g/mol. The van der Waals surface area contributed by atoms with E-state index in [1.165, 1.54) is 24.5 Å². The molecule has 0 aromatic rings. The van der Waals surface area contributed by atoms with Gasteiger partial charge in [0.15, 0.2) is 0 Å². The summed E-state index contributed by atoms with van der Waals surface area (Å²) in [7, 11) is 1.44. The van der Waals surface area contributed by atoms with Crippen molar-refractivity contribution in [3.05, 3.63) is 0 Å². The van der Waals surface area contributed by atoms with Crippen molar-refractivity contribution in [1.82, 2.24) is 4.90 Å². The Balaban J connectivity index is 2.29. The van der Waals surface area contributed by atoms with Gasteiger partial charge in [-0.25, -0.2) is 0 Å². The second-order valence-corrected chi connectivity index (χ2v) is 4.93. The van der Waals surface area contributed by atoms with E-state index in [9.17, 15) is 4.79 Å². The van der Waals surface area contributed by atoms with E-state index in [-0.39, 0.29) is 5.97 Å². The van der Waals surface area contributed by atoms with Gasteiger partial charge in [-0.3, -0.25) is 0 Å². The number of carbonyl (C=O) groups is 1. The first-order valence-corrected chi connectivity index (χ1v) is 6.36. The molecule has 1 aliphatic heterocycles. The first kappa shape index (κ1) is 12.7. The summed E-state index contributed by atoms with van der Waals surface area (Å²) in [5, 5.41) is 0. The normalized spacial score (nSPS) is 17.6. The number of ether oxygens (including phenoxy) is 1. The fourth-order valence-electron chi connectivity index (χ4n) is 1.81. The molecule has 1 atom stereocenters. The van der Waals surface area contributed by atoms with Gasteiger partial charge in [0.25, 0.3) is 0 Å². The van der Waals surface area contributed by atoms with Crippen LogP contribution in [-0.4, -0.2) is 51.2 Å². The molecule has 0 aliphatic carbocycles. The summed E-state index contributed by atoms with van der Waals surface area (Å²) in [6.07, 6.45) is 3.95. The Bertz CT molecular complexity index is 237. The molecule has 86 valence electrons. The Hall–Kier alpha value is -0.341. The Kier molecular flexibility index (Phi) is 5.33. The summed E-state index contributed by atoms with van der Waals surface area (Å²) in [6, 6.07) is 0. The number of methoxy groups -OCH3 is 1. The average Bonchev–Trinajstić information content (AvgIpc) is 2.77. The van der Waals surface area contributed by atoms with Crippen molar-refractivity contribution >= 4 is 26.1 Å². The summed E-state index contributed by atoms with van der Waals surface area (Å²) in [5.74, 6) is 0.318. The van der Waals surface area contributed by atoms with Crippen molar-refractivity contribution in [2.24, 2.45) is 5.92 Å². The second kappa shape index (κ2) is 6.29. The number of esters is 1. The van der Waals surface area contributed by atoms with E-state index >= 15 is 0 Å². The van der Waals surface area contributed by atoms with Gasteiger partial charge in [-0.15, -0.1) is 0 Å². The van der Waals surface area contributed by atoms with Gasteiger partial charge in [-0.2, -0.15) is 0 Å². The Morgan fingerprint density at radius 1 is 1.47 bits per heavy atom. The van der Waals surface area contributed by atoms with Crippen LogP contribution in [0.15, 0.2) is 0 Å². The predicted octanol–water partition coefficient (Wildman–Crippen LogP) is 0.970. The average molecular weight is 276 g/mol. The van der Waals surface area contributed by atoms with E-state index in [1.807, 2.05) is 0 Å². The van der Waals surface area contributed by atoms with Crippen LogP contribution < -0.4 is 0 Å². The van der Waals surface area contributed by atoms with Gasteiger partial charge in [-0.1, -0.05) is 0 Å². The van der Waals surface area contributed by atoms with Crippen LogP contribution in [0, 0.1) is 5.92 Å². The van der Waals surface area contributed by atoms with E-state index in [0.29, 0.717) is 12.3 Å². The number of nitrogens with zero attached hydrogens (tertiary/aromatic N) is 1. The quantitative estimate of drug-likeness (QED) is 0.553. The summed E-state index contributed by atoms with van der Waals surface area (Å²) < 4.78 is 5.94. The maximum absolute atomic E-state index is 11.0. The molecule has 3 nitrogen and oxygen atoms in total. The predicted molar refractivity (Wildman–Crippen MR) is 62.0 cm³/mol. The molecule has 15 heavy (non-hydrogen) atoms. The van der Waals surface area contributed by atoms with E-state index in [1.54, 1.807) is 0 Å². The molecule has 0 spiro atoms. The van der Waals surface area contributed by atoms with Crippen LogP contribution in [-0.2, 0) is 9.53 Å². The van der Waals surface area contributed by atoms with Gasteiger partial charge in [0.05, 0.1) is 0 Å². The molecule has 0 amide bonds. The van der Waals surface area contributed by atoms with Crippen molar-refractivity contribution in [2.75, 3.05) is 20.2 Å². The van der Waals surface area contributed by atoms with Crippen molar-refractivity contribution in [3.63, 3.8) is 0 Å². The van der Waals surface area contributed by atoms with E-state index in [2.05, 4.69) is 32.1 Å². The van der Waals surface area contributed by atoms with Crippen LogP contribution in [0.2, 0.25) is 0 Å². The van der Waals surface area contributed by atoms with Gasteiger partial charge in [0.1, 0.15) is 0 Å². The fourth-order valence-corrected chi connectivity index (χ4v) is 2.44. The molecule has 0 bridgehead atoms. The molecule has 0 saturated carbocycles. The number of carbonyl (C=O) groups excluding carboxylic acids is 1. The van der Waals surface area contributed by atoms with Crippen molar-refractivity contribution in [1.29, 1.82) is 0 Å². The molecule has 0 N–H and O–H groups in total. The molecule has 4 heteroatoms. The molecule has 1 fully saturated rings. The third-order valence-electron chi connectivity index (χ3n) is 2.85. The van der Waals surface area contributed by atoms with E-state index < -0.39 is 0 Å². The third-order valence-corrected chi connectivity index (χ3v) is 4.23. The van der Waals surface area contributed by atoms with Gasteiger partial charge in [0.2, 0.25) is 0 Å². The van der Waals surface area contributed by atoms with Crippen LogP contribution in [0.25, 0.3) is 0 Å². The molecule has 1 rings (SSSR count). The third kappa shape index (κ3) is 3.96. The zero-order valence-electron chi connectivity index (χ0n) is 9.49. The number of rotatable bonds is 5. The minimum absolute atomic E-state index is 0.115.